The molecule has 0 bridgehead atoms. The van der Waals surface area contributed by atoms with Crippen molar-refractivity contribution in [3.63, 3.8) is 0 Å². The van der Waals surface area contributed by atoms with Crippen molar-refractivity contribution < 1.29 is 15.0 Å². The number of hydrogen-bond acceptors (Lipinski definition) is 5. The molecule has 0 saturated carbocycles. The third kappa shape index (κ3) is 3.28. The molecular weight excluding hydrogens is 212 g/mol. The number of nitrogens with zero attached hydrogens (tertiary/aromatic N) is 4. The molecule has 0 radical (unpaired) electrons. The van der Waals surface area contributed by atoms with Gasteiger partial charge in [0.25, 0.3) is 0 Å². The smallest absolute Gasteiger partial charge is 0.358 e. The summed E-state index contributed by atoms with van der Waals surface area (Å²) in [5.74, 6) is -1.08. The molecule has 2 N–H and O–H groups in total. The first-order valence-corrected chi connectivity index (χ1v) is 4.99. The third-order valence-electron chi connectivity index (χ3n) is 2.46. The lowest BCUT2D eigenvalue weighted by Crippen LogP contribution is -2.34. The lowest BCUT2D eigenvalue weighted by Gasteiger charge is -2.22. The van der Waals surface area contributed by atoms with E-state index in [1.54, 1.807) is 0 Å². The number of carbonyl (C=O) groups is 1. The van der Waals surface area contributed by atoms with Crippen LogP contribution in [0, 0.1) is 0 Å². The Hall–Kier alpha value is -1.47. The molecule has 1 atom stereocenters. The summed E-state index contributed by atoms with van der Waals surface area (Å²) in [4.78, 5) is 12.5. The van der Waals surface area contributed by atoms with Crippen molar-refractivity contribution in [2.75, 3.05) is 20.2 Å². The highest BCUT2D eigenvalue weighted by Gasteiger charge is 2.10. The van der Waals surface area contributed by atoms with Crippen LogP contribution >= 0.6 is 0 Å². The van der Waals surface area contributed by atoms with E-state index in [4.69, 9.17) is 10.2 Å². The van der Waals surface area contributed by atoms with Gasteiger partial charge in [-0.05, 0) is 14.0 Å². The minimum atomic E-state index is -1.08. The largest absolute Gasteiger partial charge is 0.476 e. The highest BCUT2D eigenvalue weighted by molar-refractivity contribution is 5.84. The summed E-state index contributed by atoms with van der Waals surface area (Å²) in [6, 6.07) is 0.0717. The van der Waals surface area contributed by atoms with Crippen LogP contribution in [0.3, 0.4) is 0 Å². The van der Waals surface area contributed by atoms with E-state index in [0.29, 0.717) is 13.1 Å². The van der Waals surface area contributed by atoms with E-state index in [1.165, 1.54) is 10.9 Å². The third-order valence-corrected chi connectivity index (χ3v) is 2.46. The van der Waals surface area contributed by atoms with Gasteiger partial charge in [-0.2, -0.15) is 0 Å². The normalized spacial score (nSPS) is 13.0. The van der Waals surface area contributed by atoms with Gasteiger partial charge in [-0.3, -0.25) is 9.58 Å². The number of carboxylic acids is 1. The van der Waals surface area contributed by atoms with Crippen LogP contribution in [0.2, 0.25) is 0 Å². The van der Waals surface area contributed by atoms with E-state index in [0.717, 1.165) is 0 Å². The minimum absolute atomic E-state index is 0.0575. The Bertz CT molecular complexity index is 352. The quantitative estimate of drug-likeness (QED) is 0.668. The van der Waals surface area contributed by atoms with Crippen LogP contribution in [0.25, 0.3) is 0 Å². The Morgan fingerprint density at radius 2 is 2.38 bits per heavy atom. The Kier molecular flexibility index (Phi) is 4.39. The summed E-state index contributed by atoms with van der Waals surface area (Å²) >= 11 is 0. The molecule has 0 amide bonds. The molecule has 16 heavy (non-hydrogen) atoms. The first-order valence-electron chi connectivity index (χ1n) is 4.99. The van der Waals surface area contributed by atoms with Crippen molar-refractivity contribution in [1.29, 1.82) is 0 Å². The topological polar surface area (TPSA) is 91.5 Å². The summed E-state index contributed by atoms with van der Waals surface area (Å²) < 4.78 is 1.48. The van der Waals surface area contributed by atoms with Crippen LogP contribution in [0.15, 0.2) is 6.20 Å². The molecule has 90 valence electrons. The summed E-state index contributed by atoms with van der Waals surface area (Å²) in [7, 11) is 1.88. The van der Waals surface area contributed by atoms with Crippen LogP contribution in [-0.4, -0.2) is 62.3 Å². The summed E-state index contributed by atoms with van der Waals surface area (Å²) in [5.41, 5.74) is -0.0575. The number of carboxylic acid groups (broad SMARTS) is 1. The minimum Gasteiger partial charge on any atom is -0.476 e. The summed E-state index contributed by atoms with van der Waals surface area (Å²) in [5, 5.41) is 24.8. The van der Waals surface area contributed by atoms with Gasteiger partial charge in [0, 0.05) is 12.6 Å². The van der Waals surface area contributed by atoms with Gasteiger partial charge >= 0.3 is 5.97 Å². The number of rotatable bonds is 6. The highest BCUT2D eigenvalue weighted by Crippen LogP contribution is 1.97. The fourth-order valence-electron chi connectivity index (χ4n) is 1.13. The van der Waals surface area contributed by atoms with Gasteiger partial charge in [0.2, 0.25) is 0 Å². The monoisotopic (exact) mass is 228 g/mol. The maximum absolute atomic E-state index is 10.5. The van der Waals surface area contributed by atoms with Crippen LogP contribution in [-0.2, 0) is 6.54 Å². The Morgan fingerprint density at radius 3 is 2.88 bits per heavy atom. The number of aliphatic hydroxyl groups excluding tert-OH is 1. The molecule has 0 aliphatic carbocycles. The van der Waals surface area contributed by atoms with E-state index in [2.05, 4.69) is 10.3 Å². The van der Waals surface area contributed by atoms with Crippen molar-refractivity contribution in [2.45, 2.75) is 19.5 Å². The lowest BCUT2D eigenvalue weighted by atomic mass is 10.3. The molecule has 0 aromatic carbocycles. The number of hydrogen-bond donors (Lipinski definition) is 2. The predicted octanol–water partition coefficient (Wildman–Crippen LogP) is -0.711. The first kappa shape index (κ1) is 12.6. The molecule has 1 rings (SSSR count). The number of aromatic nitrogens is 3. The first-order chi connectivity index (χ1) is 7.54. The van der Waals surface area contributed by atoms with Crippen LogP contribution in [0.5, 0.6) is 0 Å². The molecule has 1 heterocycles. The van der Waals surface area contributed by atoms with Crippen molar-refractivity contribution in [1.82, 2.24) is 19.9 Å². The average molecular weight is 228 g/mol. The van der Waals surface area contributed by atoms with Crippen LogP contribution < -0.4 is 0 Å². The van der Waals surface area contributed by atoms with Crippen molar-refractivity contribution in [2.24, 2.45) is 0 Å². The number of aliphatic hydroxyl groups is 1. The zero-order chi connectivity index (χ0) is 12.1. The SMILES string of the molecule is CC(CO)N(C)CCn1cc(C(=O)O)nn1. The summed E-state index contributed by atoms with van der Waals surface area (Å²) in [6.07, 6.45) is 1.39. The molecule has 0 fully saturated rings. The van der Waals surface area contributed by atoms with Crippen molar-refractivity contribution >= 4 is 5.97 Å². The standard InChI is InChI=1S/C9H16N4O3/c1-7(6-14)12(2)3-4-13-5-8(9(15)16)10-11-13/h5,7,14H,3-4,6H2,1-2H3,(H,15,16). The Balaban J connectivity index is 2.45. The summed E-state index contributed by atoms with van der Waals surface area (Å²) in [6.45, 7) is 3.21. The molecule has 7 heteroatoms. The molecule has 0 spiro atoms. The molecule has 0 aliphatic rings. The van der Waals surface area contributed by atoms with Crippen molar-refractivity contribution in [3.8, 4) is 0 Å². The van der Waals surface area contributed by atoms with Gasteiger partial charge in [0.1, 0.15) is 0 Å². The molecule has 1 aromatic rings. The Morgan fingerprint density at radius 1 is 1.69 bits per heavy atom. The van der Waals surface area contributed by atoms with E-state index in [9.17, 15) is 4.79 Å². The van der Waals surface area contributed by atoms with E-state index < -0.39 is 5.97 Å². The fraction of sp³-hybridized carbons (Fsp3) is 0.667. The molecule has 0 aliphatic heterocycles. The molecule has 7 nitrogen and oxygen atoms in total. The van der Waals surface area contributed by atoms with Crippen LogP contribution in [0.4, 0.5) is 0 Å². The van der Waals surface area contributed by atoms with E-state index >= 15 is 0 Å². The second-order valence-corrected chi connectivity index (χ2v) is 3.68. The van der Waals surface area contributed by atoms with Gasteiger partial charge < -0.3 is 10.2 Å². The Labute approximate surface area is 93.3 Å². The number of likely N-dealkylation sites (N-methyl/N-ethyl adjacent to an activating group) is 1. The molecular formula is C9H16N4O3. The van der Waals surface area contributed by atoms with Crippen LogP contribution in [0.1, 0.15) is 17.4 Å². The average Bonchev–Trinajstić information content (AvgIpc) is 2.73. The van der Waals surface area contributed by atoms with Gasteiger partial charge in [-0.1, -0.05) is 5.21 Å². The number of aromatic carboxylic acids is 1. The fourth-order valence-corrected chi connectivity index (χ4v) is 1.13. The molecule has 1 aromatic heterocycles. The van der Waals surface area contributed by atoms with Crippen molar-refractivity contribution in [3.05, 3.63) is 11.9 Å². The second-order valence-electron chi connectivity index (χ2n) is 3.68. The van der Waals surface area contributed by atoms with Gasteiger partial charge in [-0.25, -0.2) is 4.79 Å². The zero-order valence-electron chi connectivity index (χ0n) is 9.37. The van der Waals surface area contributed by atoms with E-state index in [1.807, 2.05) is 18.9 Å². The molecule has 1 unspecified atom stereocenters. The highest BCUT2D eigenvalue weighted by atomic mass is 16.4. The zero-order valence-corrected chi connectivity index (χ0v) is 9.37. The predicted molar refractivity (Wildman–Crippen MR) is 56.2 cm³/mol. The second kappa shape index (κ2) is 5.57. The van der Waals surface area contributed by atoms with Gasteiger partial charge in [0.15, 0.2) is 5.69 Å². The molecule has 0 saturated heterocycles. The van der Waals surface area contributed by atoms with Gasteiger partial charge in [0.05, 0.1) is 19.3 Å². The lowest BCUT2D eigenvalue weighted by molar-refractivity contribution is 0.0690. The maximum Gasteiger partial charge on any atom is 0.358 e. The van der Waals surface area contributed by atoms with Gasteiger partial charge in [-0.15, -0.1) is 5.10 Å². The maximum atomic E-state index is 10.5. The van der Waals surface area contributed by atoms with E-state index in [-0.39, 0.29) is 18.3 Å².